The highest BCUT2D eigenvalue weighted by Gasteiger charge is 2.30. The number of nitrogens with zero attached hydrogens (tertiary/aromatic N) is 1. The molecule has 1 N–H and O–H groups in total. The van der Waals surface area contributed by atoms with E-state index in [0.29, 0.717) is 5.25 Å². The molecule has 2 aromatic rings. The first-order chi connectivity index (χ1) is 12.6. The van der Waals surface area contributed by atoms with Crippen molar-refractivity contribution in [2.24, 2.45) is 0 Å². The Labute approximate surface area is 161 Å². The van der Waals surface area contributed by atoms with Crippen LogP contribution in [-0.4, -0.2) is 22.7 Å². The third kappa shape index (κ3) is 4.42. The van der Waals surface area contributed by atoms with Gasteiger partial charge in [-0.1, -0.05) is 44.2 Å². The molecule has 1 fully saturated rings. The molecule has 26 heavy (non-hydrogen) atoms. The van der Waals surface area contributed by atoms with E-state index in [1.807, 2.05) is 40.9 Å². The summed E-state index contributed by atoms with van der Waals surface area (Å²) < 4.78 is 0. The summed E-state index contributed by atoms with van der Waals surface area (Å²) in [6, 6.07) is 16.8. The van der Waals surface area contributed by atoms with Gasteiger partial charge in [0.2, 0.25) is 0 Å². The zero-order chi connectivity index (χ0) is 18.5. The maximum absolute atomic E-state index is 12.9. The summed E-state index contributed by atoms with van der Waals surface area (Å²) in [5.74, 6) is 0. The quantitative estimate of drug-likeness (QED) is 0.632. The van der Waals surface area contributed by atoms with E-state index in [4.69, 9.17) is 0 Å². The normalized spacial score (nSPS) is 18.0. The number of amides is 2. The van der Waals surface area contributed by atoms with Crippen LogP contribution in [0.4, 0.5) is 10.5 Å². The number of hydrogen-bond acceptors (Lipinski definition) is 2. The first kappa shape index (κ1) is 18.8. The van der Waals surface area contributed by atoms with Crippen LogP contribution in [0.25, 0.3) is 0 Å². The lowest BCUT2D eigenvalue weighted by molar-refractivity contribution is 0.207. The van der Waals surface area contributed by atoms with Crippen LogP contribution in [0.1, 0.15) is 50.3 Å². The molecule has 3 rings (SSSR count). The maximum Gasteiger partial charge on any atom is 0.322 e. The van der Waals surface area contributed by atoms with Crippen molar-refractivity contribution in [2.45, 2.75) is 56.2 Å². The molecule has 2 unspecified atom stereocenters. The number of benzene rings is 2. The van der Waals surface area contributed by atoms with Gasteiger partial charge in [0.05, 0.1) is 6.04 Å². The van der Waals surface area contributed by atoms with E-state index in [2.05, 4.69) is 50.4 Å². The summed E-state index contributed by atoms with van der Waals surface area (Å²) in [6.45, 7) is 7.33. The third-order valence-electron chi connectivity index (χ3n) is 5.05. The average molecular weight is 369 g/mol. The van der Waals surface area contributed by atoms with Gasteiger partial charge in [0, 0.05) is 22.4 Å². The number of rotatable bonds is 5. The van der Waals surface area contributed by atoms with Gasteiger partial charge in [-0.25, -0.2) is 4.79 Å². The Morgan fingerprint density at radius 1 is 1.27 bits per heavy atom. The number of likely N-dealkylation sites (tertiary alicyclic amines) is 1. The molecule has 0 bridgehead atoms. The van der Waals surface area contributed by atoms with E-state index in [1.165, 1.54) is 10.5 Å². The van der Waals surface area contributed by atoms with Crippen LogP contribution < -0.4 is 5.32 Å². The minimum atomic E-state index is 0.00165. The van der Waals surface area contributed by atoms with Crippen molar-refractivity contribution in [1.29, 1.82) is 0 Å². The van der Waals surface area contributed by atoms with Crippen molar-refractivity contribution < 1.29 is 4.79 Å². The van der Waals surface area contributed by atoms with Gasteiger partial charge in [0.1, 0.15) is 0 Å². The summed E-state index contributed by atoms with van der Waals surface area (Å²) in [4.78, 5) is 16.1. The van der Waals surface area contributed by atoms with Gasteiger partial charge in [-0.05, 0) is 55.5 Å². The van der Waals surface area contributed by atoms with E-state index in [-0.39, 0.29) is 12.1 Å². The van der Waals surface area contributed by atoms with E-state index in [1.54, 1.807) is 0 Å². The molecule has 0 spiro atoms. The first-order valence-electron chi connectivity index (χ1n) is 9.48. The molecule has 2 aromatic carbocycles. The SMILES string of the molecule is CCC(C)Sc1ccc(NC(=O)N2CCCC2c2ccccc2)c(C)c1. The van der Waals surface area contributed by atoms with Crippen LogP contribution in [0.2, 0.25) is 0 Å². The number of thioether (sulfide) groups is 1. The number of urea groups is 1. The lowest BCUT2D eigenvalue weighted by Crippen LogP contribution is -2.34. The summed E-state index contributed by atoms with van der Waals surface area (Å²) in [7, 11) is 0. The Balaban J connectivity index is 1.69. The van der Waals surface area contributed by atoms with Gasteiger partial charge in [-0.15, -0.1) is 11.8 Å². The van der Waals surface area contributed by atoms with E-state index >= 15 is 0 Å². The largest absolute Gasteiger partial charge is 0.322 e. The Morgan fingerprint density at radius 2 is 2.04 bits per heavy atom. The minimum absolute atomic E-state index is 0.00165. The molecule has 0 aromatic heterocycles. The molecule has 1 heterocycles. The van der Waals surface area contributed by atoms with Gasteiger partial charge in [0.15, 0.2) is 0 Å². The van der Waals surface area contributed by atoms with Gasteiger partial charge in [-0.3, -0.25) is 0 Å². The maximum atomic E-state index is 12.9. The summed E-state index contributed by atoms with van der Waals surface area (Å²) in [5.41, 5.74) is 3.24. The fourth-order valence-electron chi connectivity index (χ4n) is 3.38. The molecule has 0 saturated carbocycles. The van der Waals surface area contributed by atoms with Crippen LogP contribution in [-0.2, 0) is 0 Å². The third-order valence-corrected chi connectivity index (χ3v) is 6.31. The standard InChI is InChI=1S/C22H28N2OS/c1-4-17(3)26-19-12-13-20(16(2)15-19)23-22(25)24-14-8-11-21(24)18-9-6-5-7-10-18/h5-7,9-10,12-13,15,17,21H,4,8,11,14H2,1-3H3,(H,23,25). The van der Waals surface area contributed by atoms with Crippen molar-refractivity contribution in [2.75, 3.05) is 11.9 Å². The molecular formula is C22H28N2OS. The molecule has 0 aliphatic carbocycles. The smallest absolute Gasteiger partial charge is 0.317 e. The van der Waals surface area contributed by atoms with Crippen LogP contribution >= 0.6 is 11.8 Å². The van der Waals surface area contributed by atoms with Crippen molar-refractivity contribution in [1.82, 2.24) is 4.90 Å². The average Bonchev–Trinajstić information content (AvgIpc) is 3.14. The molecular weight excluding hydrogens is 340 g/mol. The number of aryl methyl sites for hydroxylation is 1. The van der Waals surface area contributed by atoms with Gasteiger partial charge in [0.25, 0.3) is 0 Å². The highest BCUT2D eigenvalue weighted by Crippen LogP contribution is 2.33. The highest BCUT2D eigenvalue weighted by atomic mass is 32.2. The number of nitrogens with one attached hydrogen (secondary N) is 1. The predicted molar refractivity (Wildman–Crippen MR) is 111 cm³/mol. The summed E-state index contributed by atoms with van der Waals surface area (Å²) >= 11 is 1.89. The molecule has 2 amide bonds. The Hall–Kier alpha value is -1.94. The second-order valence-corrected chi connectivity index (χ2v) is 8.52. The fraction of sp³-hybridized carbons (Fsp3) is 0.409. The summed E-state index contributed by atoms with van der Waals surface area (Å²) in [6.07, 6.45) is 3.23. The Bertz CT molecular complexity index is 747. The van der Waals surface area contributed by atoms with Gasteiger partial charge >= 0.3 is 6.03 Å². The van der Waals surface area contributed by atoms with E-state index in [0.717, 1.165) is 37.1 Å². The van der Waals surface area contributed by atoms with Crippen LogP contribution in [0.5, 0.6) is 0 Å². The topological polar surface area (TPSA) is 32.3 Å². The fourth-order valence-corrected chi connectivity index (χ4v) is 4.41. The van der Waals surface area contributed by atoms with Crippen molar-refractivity contribution in [3.05, 3.63) is 59.7 Å². The van der Waals surface area contributed by atoms with Crippen molar-refractivity contribution in [3.63, 3.8) is 0 Å². The predicted octanol–water partition coefficient (Wildman–Crippen LogP) is 6.25. The number of carbonyl (C=O) groups excluding carboxylic acids is 1. The molecule has 1 aliphatic heterocycles. The Kier molecular flexibility index (Phi) is 6.25. The number of anilines is 1. The second-order valence-electron chi connectivity index (χ2n) is 7.01. The Morgan fingerprint density at radius 3 is 2.73 bits per heavy atom. The molecule has 138 valence electrons. The highest BCUT2D eigenvalue weighted by molar-refractivity contribution is 7.99. The zero-order valence-corrected chi connectivity index (χ0v) is 16.7. The van der Waals surface area contributed by atoms with Crippen molar-refractivity contribution in [3.8, 4) is 0 Å². The first-order valence-corrected chi connectivity index (χ1v) is 10.4. The molecule has 1 aliphatic rings. The second kappa shape index (κ2) is 8.63. The van der Waals surface area contributed by atoms with E-state index < -0.39 is 0 Å². The lowest BCUT2D eigenvalue weighted by Gasteiger charge is -2.26. The zero-order valence-electron chi connectivity index (χ0n) is 15.9. The lowest BCUT2D eigenvalue weighted by atomic mass is 10.1. The van der Waals surface area contributed by atoms with Gasteiger partial charge in [-0.2, -0.15) is 0 Å². The number of hydrogen-bond donors (Lipinski definition) is 1. The molecule has 4 heteroatoms. The molecule has 2 atom stereocenters. The van der Waals surface area contributed by atoms with Gasteiger partial charge < -0.3 is 10.2 Å². The van der Waals surface area contributed by atoms with E-state index in [9.17, 15) is 4.79 Å². The molecule has 1 saturated heterocycles. The van der Waals surface area contributed by atoms with Crippen molar-refractivity contribution >= 4 is 23.5 Å². The monoisotopic (exact) mass is 368 g/mol. The molecule has 0 radical (unpaired) electrons. The van der Waals surface area contributed by atoms with Crippen LogP contribution in [0, 0.1) is 6.92 Å². The summed E-state index contributed by atoms with van der Waals surface area (Å²) in [5, 5.41) is 3.73. The van der Waals surface area contributed by atoms with Crippen LogP contribution in [0.15, 0.2) is 53.4 Å². The number of carbonyl (C=O) groups is 1. The minimum Gasteiger partial charge on any atom is -0.317 e. The van der Waals surface area contributed by atoms with Crippen LogP contribution in [0.3, 0.4) is 0 Å². The molecule has 3 nitrogen and oxygen atoms in total.